The van der Waals surface area contributed by atoms with Crippen LogP contribution >= 0.6 is 0 Å². The summed E-state index contributed by atoms with van der Waals surface area (Å²) in [6.07, 6.45) is 5.72. The molecule has 1 atom stereocenters. The molecule has 1 amide bonds. The number of fused-ring (bicyclic) bond motifs is 1. The second-order valence-electron chi connectivity index (χ2n) is 7.20. The summed E-state index contributed by atoms with van der Waals surface area (Å²) in [5.41, 5.74) is 3.85. The molecular weight excluding hydrogens is 300 g/mol. The summed E-state index contributed by atoms with van der Waals surface area (Å²) in [6.45, 7) is 8.44. The van der Waals surface area contributed by atoms with Gasteiger partial charge in [0, 0.05) is 45.3 Å². The molecule has 5 heteroatoms. The normalized spacial score (nSPS) is 21.2. The molecule has 0 aliphatic carbocycles. The Morgan fingerprint density at radius 3 is 3.04 bits per heavy atom. The summed E-state index contributed by atoms with van der Waals surface area (Å²) in [7, 11) is 0. The molecule has 0 saturated carbocycles. The molecule has 0 radical (unpaired) electrons. The lowest BCUT2D eigenvalue weighted by Gasteiger charge is -2.33. The highest BCUT2D eigenvalue weighted by atomic mass is 16.2. The topological polar surface area (TPSA) is 60.2 Å². The van der Waals surface area contributed by atoms with Crippen molar-refractivity contribution in [1.82, 2.24) is 14.8 Å². The van der Waals surface area contributed by atoms with Gasteiger partial charge in [-0.25, -0.2) is 0 Å². The molecule has 3 heterocycles. The highest BCUT2D eigenvalue weighted by molar-refractivity contribution is 5.76. The highest BCUT2D eigenvalue weighted by Gasteiger charge is 2.24. The second-order valence-corrected chi connectivity index (χ2v) is 7.20. The zero-order valence-corrected chi connectivity index (χ0v) is 14.7. The van der Waals surface area contributed by atoms with Gasteiger partial charge in [-0.2, -0.15) is 5.26 Å². The fourth-order valence-electron chi connectivity index (χ4n) is 3.87. The molecule has 0 aromatic carbocycles. The first-order chi connectivity index (χ1) is 11.6. The summed E-state index contributed by atoms with van der Waals surface area (Å²) in [6, 6.07) is 2.29. The average Bonchev–Trinajstić information content (AvgIpc) is 2.59. The maximum atomic E-state index is 12.4. The van der Waals surface area contributed by atoms with Crippen molar-refractivity contribution in [3.8, 4) is 6.07 Å². The molecule has 1 saturated heterocycles. The minimum Gasteiger partial charge on any atom is -0.342 e. The van der Waals surface area contributed by atoms with Gasteiger partial charge in [0.05, 0.1) is 11.3 Å². The van der Waals surface area contributed by atoms with E-state index >= 15 is 0 Å². The summed E-state index contributed by atoms with van der Waals surface area (Å²) in [4.78, 5) is 21.1. The van der Waals surface area contributed by atoms with E-state index in [0.29, 0.717) is 12.3 Å². The Kier molecular flexibility index (Phi) is 5.15. The van der Waals surface area contributed by atoms with Gasteiger partial charge in [0.2, 0.25) is 5.91 Å². The minimum atomic E-state index is 0.284. The number of hydrogen-bond acceptors (Lipinski definition) is 4. The third kappa shape index (κ3) is 3.59. The van der Waals surface area contributed by atoms with Gasteiger partial charge in [0.25, 0.3) is 0 Å². The van der Waals surface area contributed by atoms with Crippen molar-refractivity contribution in [3.63, 3.8) is 0 Å². The zero-order valence-electron chi connectivity index (χ0n) is 14.7. The lowest BCUT2D eigenvalue weighted by Crippen LogP contribution is -2.41. The van der Waals surface area contributed by atoms with Gasteiger partial charge in [-0.3, -0.25) is 14.7 Å². The van der Waals surface area contributed by atoms with Crippen LogP contribution in [0.4, 0.5) is 0 Å². The number of hydrogen-bond donors (Lipinski definition) is 0. The van der Waals surface area contributed by atoms with Crippen LogP contribution in [0.3, 0.4) is 0 Å². The number of rotatable bonds is 3. The van der Waals surface area contributed by atoms with E-state index in [9.17, 15) is 10.1 Å². The number of piperidine rings is 1. The number of aryl methyl sites for hydroxylation is 1. The summed E-state index contributed by atoms with van der Waals surface area (Å²) in [5, 5.41) is 9.33. The molecule has 2 aliphatic heterocycles. The van der Waals surface area contributed by atoms with E-state index in [-0.39, 0.29) is 5.91 Å². The largest absolute Gasteiger partial charge is 0.342 e. The van der Waals surface area contributed by atoms with E-state index in [2.05, 4.69) is 22.9 Å². The zero-order chi connectivity index (χ0) is 17.1. The third-order valence-electron chi connectivity index (χ3n) is 5.30. The monoisotopic (exact) mass is 326 g/mol. The molecule has 0 unspecified atom stereocenters. The highest BCUT2D eigenvalue weighted by Crippen LogP contribution is 2.23. The standard InChI is InChI=1S/C19H26N4O/c1-14-4-3-7-23(12-14)19(24)6-9-22-8-5-17-16(13-22)11-21-15(2)18(17)10-20/h11,14H,3-9,12-13H2,1-2H3/t14-/m1/s1. The molecule has 1 fully saturated rings. The molecule has 1 aromatic heterocycles. The van der Waals surface area contributed by atoms with E-state index in [1.807, 2.05) is 18.0 Å². The molecule has 24 heavy (non-hydrogen) atoms. The first-order valence-corrected chi connectivity index (χ1v) is 8.96. The van der Waals surface area contributed by atoms with Crippen LogP contribution in [0.15, 0.2) is 6.20 Å². The molecule has 5 nitrogen and oxygen atoms in total. The number of carbonyl (C=O) groups excluding carboxylic acids is 1. The van der Waals surface area contributed by atoms with Crippen molar-refractivity contribution in [2.45, 2.75) is 46.1 Å². The Labute approximate surface area is 144 Å². The number of amides is 1. The molecule has 3 rings (SSSR count). The van der Waals surface area contributed by atoms with Crippen molar-refractivity contribution in [2.75, 3.05) is 26.2 Å². The summed E-state index contributed by atoms with van der Waals surface area (Å²) < 4.78 is 0. The molecule has 1 aromatic rings. The molecular formula is C19H26N4O. The van der Waals surface area contributed by atoms with Gasteiger partial charge < -0.3 is 4.90 Å². The fraction of sp³-hybridized carbons (Fsp3) is 0.632. The summed E-state index contributed by atoms with van der Waals surface area (Å²) in [5.74, 6) is 0.912. The van der Waals surface area contributed by atoms with Gasteiger partial charge in [-0.1, -0.05) is 6.92 Å². The van der Waals surface area contributed by atoms with Crippen molar-refractivity contribution in [2.24, 2.45) is 5.92 Å². The van der Waals surface area contributed by atoms with Crippen LogP contribution < -0.4 is 0 Å². The van der Waals surface area contributed by atoms with E-state index < -0.39 is 0 Å². The number of nitriles is 1. The molecule has 2 aliphatic rings. The maximum Gasteiger partial charge on any atom is 0.223 e. The smallest absolute Gasteiger partial charge is 0.223 e. The lowest BCUT2D eigenvalue weighted by atomic mass is 9.95. The lowest BCUT2D eigenvalue weighted by molar-refractivity contribution is -0.133. The van der Waals surface area contributed by atoms with Crippen molar-refractivity contribution in [1.29, 1.82) is 5.26 Å². The van der Waals surface area contributed by atoms with Crippen LogP contribution in [0.5, 0.6) is 0 Å². The average molecular weight is 326 g/mol. The number of aromatic nitrogens is 1. The van der Waals surface area contributed by atoms with Crippen LogP contribution in [0, 0.1) is 24.2 Å². The first kappa shape index (κ1) is 16.9. The van der Waals surface area contributed by atoms with Gasteiger partial charge in [0.15, 0.2) is 0 Å². The van der Waals surface area contributed by atoms with Crippen LogP contribution in [0.25, 0.3) is 0 Å². The molecule has 0 bridgehead atoms. The van der Waals surface area contributed by atoms with Gasteiger partial charge >= 0.3 is 0 Å². The Bertz CT molecular complexity index is 664. The quantitative estimate of drug-likeness (QED) is 0.855. The molecule has 0 spiro atoms. The van der Waals surface area contributed by atoms with Crippen LogP contribution in [0.2, 0.25) is 0 Å². The van der Waals surface area contributed by atoms with Crippen LogP contribution in [0.1, 0.15) is 48.6 Å². The van der Waals surface area contributed by atoms with Crippen molar-refractivity contribution < 1.29 is 4.79 Å². The number of pyridine rings is 1. The number of nitrogens with zero attached hydrogens (tertiary/aromatic N) is 4. The van der Waals surface area contributed by atoms with Gasteiger partial charge in [-0.05, 0) is 43.2 Å². The fourth-order valence-corrected chi connectivity index (χ4v) is 3.87. The first-order valence-electron chi connectivity index (χ1n) is 8.96. The van der Waals surface area contributed by atoms with E-state index in [0.717, 1.165) is 67.9 Å². The van der Waals surface area contributed by atoms with Crippen LogP contribution in [-0.4, -0.2) is 46.9 Å². The predicted molar refractivity (Wildman–Crippen MR) is 92.3 cm³/mol. The third-order valence-corrected chi connectivity index (χ3v) is 5.30. The van der Waals surface area contributed by atoms with Crippen LogP contribution in [-0.2, 0) is 17.8 Å². The van der Waals surface area contributed by atoms with E-state index in [4.69, 9.17) is 0 Å². The second kappa shape index (κ2) is 7.31. The van der Waals surface area contributed by atoms with Crippen molar-refractivity contribution >= 4 is 5.91 Å². The van der Waals surface area contributed by atoms with E-state index in [1.165, 1.54) is 6.42 Å². The summed E-state index contributed by atoms with van der Waals surface area (Å²) >= 11 is 0. The Hall–Kier alpha value is -1.93. The number of likely N-dealkylation sites (tertiary alicyclic amines) is 1. The number of carbonyl (C=O) groups is 1. The van der Waals surface area contributed by atoms with Gasteiger partial charge in [0.1, 0.15) is 6.07 Å². The predicted octanol–water partition coefficient (Wildman–Crippen LogP) is 2.27. The minimum absolute atomic E-state index is 0.284. The maximum absolute atomic E-state index is 12.4. The van der Waals surface area contributed by atoms with Crippen molar-refractivity contribution in [3.05, 3.63) is 28.6 Å². The Balaban J connectivity index is 1.57. The Morgan fingerprint density at radius 2 is 2.29 bits per heavy atom. The SMILES string of the molecule is Cc1ncc2c(c1C#N)CCN(CCC(=O)N1CCC[C@@H](C)C1)C2. The van der Waals surface area contributed by atoms with E-state index in [1.54, 1.807) is 0 Å². The molecule has 128 valence electrons. The molecule has 0 N–H and O–H groups in total. The van der Waals surface area contributed by atoms with Gasteiger partial charge in [-0.15, -0.1) is 0 Å². The Morgan fingerprint density at radius 1 is 1.46 bits per heavy atom.